The van der Waals surface area contributed by atoms with E-state index in [4.69, 9.17) is 10.5 Å². The number of carbonyl (C=O) groups is 1. The standard InChI is InChI=1S/C11H18N4O2/c1-7(12)10(16)14-9-8(15(2)3)5-6-13-11(9)17-4/h5-7H,12H2,1-4H3,(H,14,16)/t7-/m0/s1. The molecule has 0 aliphatic heterocycles. The van der Waals surface area contributed by atoms with E-state index >= 15 is 0 Å². The minimum Gasteiger partial charge on any atom is -0.479 e. The van der Waals surface area contributed by atoms with Gasteiger partial charge in [0, 0.05) is 20.3 Å². The van der Waals surface area contributed by atoms with Crippen LogP contribution in [0.1, 0.15) is 6.92 Å². The van der Waals surface area contributed by atoms with Gasteiger partial charge in [-0.25, -0.2) is 4.98 Å². The van der Waals surface area contributed by atoms with E-state index in [0.717, 1.165) is 5.69 Å². The molecule has 0 aliphatic rings. The van der Waals surface area contributed by atoms with Crippen molar-refractivity contribution in [2.45, 2.75) is 13.0 Å². The smallest absolute Gasteiger partial charge is 0.241 e. The summed E-state index contributed by atoms with van der Waals surface area (Å²) in [5, 5.41) is 2.72. The third-order valence-electron chi connectivity index (χ3n) is 2.23. The second-order valence-electron chi connectivity index (χ2n) is 3.89. The number of rotatable bonds is 4. The van der Waals surface area contributed by atoms with E-state index in [1.54, 1.807) is 19.2 Å². The largest absolute Gasteiger partial charge is 0.479 e. The number of hydrogen-bond acceptors (Lipinski definition) is 5. The fourth-order valence-electron chi connectivity index (χ4n) is 1.31. The monoisotopic (exact) mass is 238 g/mol. The molecule has 0 bridgehead atoms. The van der Waals surface area contributed by atoms with E-state index in [9.17, 15) is 4.79 Å². The highest BCUT2D eigenvalue weighted by molar-refractivity contribution is 5.98. The second kappa shape index (κ2) is 5.49. The van der Waals surface area contributed by atoms with Gasteiger partial charge in [0.05, 0.1) is 18.8 Å². The molecule has 0 saturated carbocycles. The van der Waals surface area contributed by atoms with Crippen molar-refractivity contribution in [3.8, 4) is 5.88 Å². The first-order valence-corrected chi connectivity index (χ1v) is 5.24. The number of ether oxygens (including phenoxy) is 1. The number of anilines is 2. The number of hydrogen-bond donors (Lipinski definition) is 2. The van der Waals surface area contributed by atoms with E-state index < -0.39 is 6.04 Å². The van der Waals surface area contributed by atoms with Crippen LogP contribution in [0.2, 0.25) is 0 Å². The van der Waals surface area contributed by atoms with Gasteiger partial charge in [0.2, 0.25) is 11.8 Å². The maximum Gasteiger partial charge on any atom is 0.241 e. The van der Waals surface area contributed by atoms with E-state index in [-0.39, 0.29) is 5.91 Å². The van der Waals surface area contributed by atoms with Gasteiger partial charge in [-0.1, -0.05) is 0 Å². The maximum atomic E-state index is 11.6. The number of nitrogens with zero attached hydrogens (tertiary/aromatic N) is 2. The first-order chi connectivity index (χ1) is 7.97. The Labute approximate surface area is 101 Å². The van der Waals surface area contributed by atoms with Crippen LogP contribution in [0.25, 0.3) is 0 Å². The maximum absolute atomic E-state index is 11.6. The van der Waals surface area contributed by atoms with E-state index in [1.165, 1.54) is 7.11 Å². The molecule has 1 amide bonds. The van der Waals surface area contributed by atoms with Crippen LogP contribution in [0.3, 0.4) is 0 Å². The Hall–Kier alpha value is -1.82. The van der Waals surface area contributed by atoms with Crippen molar-refractivity contribution in [3.63, 3.8) is 0 Å². The van der Waals surface area contributed by atoms with Crippen LogP contribution in [-0.4, -0.2) is 38.1 Å². The molecule has 6 heteroatoms. The minimum absolute atomic E-state index is 0.278. The summed E-state index contributed by atoms with van der Waals surface area (Å²) >= 11 is 0. The van der Waals surface area contributed by atoms with E-state index in [1.807, 2.05) is 19.0 Å². The van der Waals surface area contributed by atoms with Crippen LogP contribution in [0, 0.1) is 0 Å². The molecule has 0 saturated heterocycles. The average Bonchev–Trinajstić information content (AvgIpc) is 2.28. The quantitative estimate of drug-likeness (QED) is 0.795. The van der Waals surface area contributed by atoms with Crippen LogP contribution in [0.15, 0.2) is 12.3 Å². The molecule has 1 aromatic rings. The van der Waals surface area contributed by atoms with Crippen molar-refractivity contribution in [1.29, 1.82) is 0 Å². The van der Waals surface area contributed by atoms with Gasteiger partial charge in [-0.15, -0.1) is 0 Å². The van der Waals surface area contributed by atoms with Crippen molar-refractivity contribution in [2.75, 3.05) is 31.4 Å². The molecule has 1 heterocycles. The Morgan fingerprint density at radius 2 is 2.24 bits per heavy atom. The molecule has 0 unspecified atom stereocenters. The molecular weight excluding hydrogens is 220 g/mol. The summed E-state index contributed by atoms with van der Waals surface area (Å²) in [5.41, 5.74) is 6.86. The van der Waals surface area contributed by atoms with Crippen LogP contribution < -0.4 is 20.7 Å². The summed E-state index contributed by atoms with van der Waals surface area (Å²) in [7, 11) is 5.25. The van der Waals surface area contributed by atoms with Gasteiger partial charge in [-0.3, -0.25) is 4.79 Å². The third-order valence-corrected chi connectivity index (χ3v) is 2.23. The van der Waals surface area contributed by atoms with Gasteiger partial charge in [-0.2, -0.15) is 0 Å². The molecule has 0 aliphatic carbocycles. The Bertz CT molecular complexity index is 404. The number of amides is 1. The fraction of sp³-hybridized carbons (Fsp3) is 0.455. The van der Waals surface area contributed by atoms with Crippen LogP contribution in [0.5, 0.6) is 5.88 Å². The predicted octanol–water partition coefficient (Wildman–Crippen LogP) is 0.442. The zero-order chi connectivity index (χ0) is 13.0. The van der Waals surface area contributed by atoms with E-state index in [2.05, 4.69) is 10.3 Å². The normalized spacial score (nSPS) is 11.8. The lowest BCUT2D eigenvalue weighted by Crippen LogP contribution is -2.33. The lowest BCUT2D eigenvalue weighted by Gasteiger charge is -2.19. The van der Waals surface area contributed by atoms with Crippen LogP contribution >= 0.6 is 0 Å². The molecule has 6 nitrogen and oxygen atoms in total. The molecule has 0 radical (unpaired) electrons. The number of methoxy groups -OCH3 is 1. The zero-order valence-electron chi connectivity index (χ0n) is 10.5. The van der Waals surface area contributed by atoms with Crippen LogP contribution in [0.4, 0.5) is 11.4 Å². The number of aromatic nitrogens is 1. The van der Waals surface area contributed by atoms with E-state index in [0.29, 0.717) is 11.6 Å². The molecule has 0 fully saturated rings. The first-order valence-electron chi connectivity index (χ1n) is 5.24. The van der Waals surface area contributed by atoms with Crippen LogP contribution in [-0.2, 0) is 4.79 Å². The molecule has 3 N–H and O–H groups in total. The summed E-state index contributed by atoms with van der Waals surface area (Å²) < 4.78 is 5.12. The highest BCUT2D eigenvalue weighted by Gasteiger charge is 2.16. The van der Waals surface area contributed by atoms with Gasteiger partial charge >= 0.3 is 0 Å². The number of nitrogens with two attached hydrogens (primary N) is 1. The summed E-state index contributed by atoms with van der Waals surface area (Å²) in [6.45, 7) is 1.62. The molecule has 0 spiro atoms. The van der Waals surface area contributed by atoms with Gasteiger partial charge in [0.25, 0.3) is 0 Å². The van der Waals surface area contributed by atoms with Gasteiger partial charge in [-0.05, 0) is 13.0 Å². The topological polar surface area (TPSA) is 80.5 Å². The fourth-order valence-corrected chi connectivity index (χ4v) is 1.31. The van der Waals surface area contributed by atoms with Crippen molar-refractivity contribution >= 4 is 17.3 Å². The summed E-state index contributed by atoms with van der Waals surface area (Å²) in [6, 6.07) is 1.20. The SMILES string of the molecule is COc1nccc(N(C)C)c1NC(=O)[C@H](C)N. The molecule has 1 rings (SSSR count). The van der Waals surface area contributed by atoms with Gasteiger partial charge < -0.3 is 20.7 Å². The minimum atomic E-state index is -0.588. The lowest BCUT2D eigenvalue weighted by molar-refractivity contribution is -0.117. The Morgan fingerprint density at radius 1 is 1.59 bits per heavy atom. The highest BCUT2D eigenvalue weighted by atomic mass is 16.5. The first kappa shape index (κ1) is 13.2. The number of nitrogens with one attached hydrogen (secondary N) is 1. The molecule has 1 atom stereocenters. The Balaban J connectivity index is 3.13. The predicted molar refractivity (Wildman–Crippen MR) is 67.4 cm³/mol. The Morgan fingerprint density at radius 3 is 2.71 bits per heavy atom. The second-order valence-corrected chi connectivity index (χ2v) is 3.89. The van der Waals surface area contributed by atoms with Gasteiger partial charge in [0.1, 0.15) is 5.69 Å². The number of pyridine rings is 1. The van der Waals surface area contributed by atoms with Crippen molar-refractivity contribution in [2.24, 2.45) is 5.73 Å². The average molecular weight is 238 g/mol. The molecular formula is C11H18N4O2. The summed E-state index contributed by atoms with van der Waals surface area (Å²) in [5.74, 6) is 0.0876. The summed E-state index contributed by atoms with van der Waals surface area (Å²) in [6.07, 6.45) is 1.62. The molecule has 1 aromatic heterocycles. The summed E-state index contributed by atoms with van der Waals surface area (Å²) in [4.78, 5) is 17.5. The Kier molecular flexibility index (Phi) is 4.28. The van der Waals surface area contributed by atoms with Crippen molar-refractivity contribution in [3.05, 3.63) is 12.3 Å². The molecule has 94 valence electrons. The number of carbonyl (C=O) groups excluding carboxylic acids is 1. The van der Waals surface area contributed by atoms with Crippen molar-refractivity contribution in [1.82, 2.24) is 4.98 Å². The lowest BCUT2D eigenvalue weighted by atomic mass is 10.2. The van der Waals surface area contributed by atoms with Crippen molar-refractivity contribution < 1.29 is 9.53 Å². The van der Waals surface area contributed by atoms with Gasteiger partial charge in [0.15, 0.2) is 0 Å². The molecule has 0 aromatic carbocycles. The zero-order valence-corrected chi connectivity index (χ0v) is 10.5. The highest BCUT2D eigenvalue weighted by Crippen LogP contribution is 2.31. The third kappa shape index (κ3) is 3.07. The molecule has 17 heavy (non-hydrogen) atoms.